The Kier molecular flexibility index (Phi) is 8.83. The van der Waals surface area contributed by atoms with Crippen LogP contribution < -0.4 is 14.4 Å². The minimum Gasteiger partial charge on any atom is -0.497 e. The van der Waals surface area contributed by atoms with Crippen molar-refractivity contribution in [3.8, 4) is 22.6 Å². The Hall–Kier alpha value is -5.05. The highest BCUT2D eigenvalue weighted by Gasteiger charge is 2.21. The van der Waals surface area contributed by atoms with Crippen LogP contribution in [0.2, 0.25) is 0 Å². The topological polar surface area (TPSA) is 81.0 Å². The lowest BCUT2D eigenvalue weighted by molar-refractivity contribution is 0.415. The van der Waals surface area contributed by atoms with E-state index in [2.05, 4.69) is 64.1 Å². The van der Waals surface area contributed by atoms with E-state index in [0.29, 0.717) is 6.54 Å². The highest BCUT2D eigenvalue weighted by Crippen LogP contribution is 2.38. The number of para-hydroxylation sites is 1. The average Bonchev–Trinajstić information content (AvgIpc) is 3.40. The van der Waals surface area contributed by atoms with E-state index in [-0.39, 0.29) is 6.42 Å². The molecule has 5 aromatic carbocycles. The predicted octanol–water partition coefficient (Wildman–Crippen LogP) is 9.17. The Morgan fingerprint density at radius 1 is 0.717 bits per heavy atom. The highest BCUT2D eigenvalue weighted by atomic mass is 32.2. The van der Waals surface area contributed by atoms with Crippen LogP contribution >= 0.6 is 0 Å². The first kappa shape index (κ1) is 31.0. The zero-order valence-electron chi connectivity index (χ0n) is 26.0. The van der Waals surface area contributed by atoms with E-state index in [0.717, 1.165) is 61.5 Å². The van der Waals surface area contributed by atoms with Gasteiger partial charge in [0, 0.05) is 45.4 Å². The second-order valence-electron chi connectivity index (χ2n) is 11.0. The molecule has 0 saturated carbocycles. The van der Waals surface area contributed by atoms with Crippen LogP contribution in [0.25, 0.3) is 32.9 Å². The number of fused-ring (bicyclic) bond motifs is 3. The first-order valence-corrected chi connectivity index (χ1v) is 16.6. The first-order chi connectivity index (χ1) is 22.3. The van der Waals surface area contributed by atoms with Gasteiger partial charge in [0.05, 0.1) is 14.2 Å². The number of benzene rings is 5. The molecule has 0 radical (unpaired) electrons. The molecule has 6 aromatic rings. The van der Waals surface area contributed by atoms with E-state index >= 15 is 0 Å². The van der Waals surface area contributed by atoms with Crippen LogP contribution in [-0.2, 0) is 16.7 Å². The largest absolute Gasteiger partial charge is 0.497 e. The van der Waals surface area contributed by atoms with Crippen molar-refractivity contribution in [3.63, 3.8) is 0 Å². The van der Waals surface area contributed by atoms with Crippen molar-refractivity contribution >= 4 is 49.0 Å². The molecule has 1 N–H and O–H groups in total. The van der Waals surface area contributed by atoms with Crippen LogP contribution in [0.3, 0.4) is 0 Å². The second kappa shape index (κ2) is 13.1. The molecule has 0 spiro atoms. The van der Waals surface area contributed by atoms with Crippen molar-refractivity contribution in [3.05, 3.63) is 127 Å². The number of methoxy groups -OCH3 is 2. The zero-order valence-corrected chi connectivity index (χ0v) is 26.8. The summed E-state index contributed by atoms with van der Waals surface area (Å²) in [4.78, 5) is 2.19. The maximum absolute atomic E-state index is 12.0. The molecule has 0 amide bonds. The van der Waals surface area contributed by atoms with Crippen LogP contribution in [-0.4, -0.2) is 37.0 Å². The van der Waals surface area contributed by atoms with Gasteiger partial charge in [-0.3, -0.25) is 4.55 Å². The maximum atomic E-state index is 12.0. The van der Waals surface area contributed by atoms with Gasteiger partial charge in [-0.1, -0.05) is 48.6 Å². The van der Waals surface area contributed by atoms with Crippen LogP contribution in [0, 0.1) is 0 Å². The number of anilines is 3. The lowest BCUT2D eigenvalue weighted by Crippen LogP contribution is -2.20. The van der Waals surface area contributed by atoms with E-state index in [1.165, 1.54) is 6.08 Å². The Morgan fingerprint density at radius 2 is 1.24 bits per heavy atom. The van der Waals surface area contributed by atoms with Crippen LogP contribution in [0.4, 0.5) is 17.1 Å². The summed E-state index contributed by atoms with van der Waals surface area (Å²) in [5.41, 5.74) is 7.19. The molecule has 0 saturated heterocycles. The molecule has 1 aromatic heterocycles. The molecule has 8 heteroatoms. The number of hydrogen-bond donors (Lipinski definition) is 1. The minimum atomic E-state index is -4.20. The van der Waals surface area contributed by atoms with Gasteiger partial charge in [-0.15, -0.1) is 0 Å². The Morgan fingerprint density at radius 3 is 1.78 bits per heavy atom. The van der Waals surface area contributed by atoms with Gasteiger partial charge in [-0.25, -0.2) is 0 Å². The molecule has 46 heavy (non-hydrogen) atoms. The second-order valence-corrected chi connectivity index (χ2v) is 12.7. The molecular formula is C38H36N2O5S. The Labute approximate surface area is 269 Å². The van der Waals surface area contributed by atoms with Gasteiger partial charge in [0.1, 0.15) is 16.7 Å². The molecule has 0 aliphatic heterocycles. The van der Waals surface area contributed by atoms with E-state index in [9.17, 15) is 13.0 Å². The smallest absolute Gasteiger partial charge is 0.271 e. The molecule has 0 aliphatic carbocycles. The lowest BCUT2D eigenvalue weighted by atomic mass is 10.0. The van der Waals surface area contributed by atoms with Crippen molar-refractivity contribution < 1.29 is 22.4 Å². The fourth-order valence-corrected chi connectivity index (χ4v) is 6.76. The summed E-state index contributed by atoms with van der Waals surface area (Å²) in [5.74, 6) is 1.59. The number of nitrogens with zero attached hydrogens (tertiary/aromatic N) is 2. The molecule has 0 bridgehead atoms. The summed E-state index contributed by atoms with van der Waals surface area (Å²) < 4.78 is 46.6. The van der Waals surface area contributed by atoms with Gasteiger partial charge >= 0.3 is 0 Å². The molecule has 7 nitrogen and oxygen atoms in total. The van der Waals surface area contributed by atoms with Crippen molar-refractivity contribution in [2.24, 2.45) is 0 Å². The van der Waals surface area contributed by atoms with E-state index in [1.54, 1.807) is 27.2 Å². The van der Waals surface area contributed by atoms with E-state index < -0.39 is 15.4 Å². The molecule has 6 rings (SSSR count). The van der Waals surface area contributed by atoms with Crippen LogP contribution in [0.15, 0.2) is 127 Å². The van der Waals surface area contributed by atoms with Gasteiger partial charge in [-0.2, -0.15) is 8.42 Å². The van der Waals surface area contributed by atoms with Gasteiger partial charge in [0.2, 0.25) is 0 Å². The third-order valence-corrected chi connectivity index (χ3v) is 9.48. The monoisotopic (exact) mass is 632 g/mol. The third-order valence-electron chi connectivity index (χ3n) is 8.32. The zero-order chi connectivity index (χ0) is 32.3. The number of aryl methyl sites for hydroxylation is 1. The standard InChI is InChI=1S/C38H36N2O5S/c1-4-7-34(46(41,42)43)24-25-39-37-9-6-5-8-35(37)36-26-28(12-23-38(36)39)27-10-13-29(14-11-27)40(30-15-19-32(44-2)20-16-30)31-17-21-33(45-3)22-18-31/h4-23,26,34H,24-25H2,1-3H3,(H,41,42,43)/b7-4+. The van der Waals surface area contributed by atoms with Crippen molar-refractivity contribution in [1.82, 2.24) is 4.57 Å². The average molecular weight is 633 g/mol. The predicted molar refractivity (Wildman–Crippen MR) is 187 cm³/mol. The molecule has 1 unspecified atom stereocenters. The highest BCUT2D eigenvalue weighted by molar-refractivity contribution is 7.86. The Bertz CT molecular complexity index is 2050. The molecule has 1 heterocycles. The Balaban J connectivity index is 1.36. The molecule has 0 fully saturated rings. The van der Waals surface area contributed by atoms with E-state index in [4.69, 9.17) is 9.47 Å². The van der Waals surface area contributed by atoms with Crippen molar-refractivity contribution in [1.29, 1.82) is 0 Å². The third kappa shape index (κ3) is 6.22. The van der Waals surface area contributed by atoms with Crippen LogP contribution in [0.1, 0.15) is 13.3 Å². The minimum absolute atomic E-state index is 0.263. The molecule has 0 aliphatic rings. The molecule has 1 atom stereocenters. The van der Waals surface area contributed by atoms with Gasteiger partial charge in [0.25, 0.3) is 10.1 Å². The lowest BCUT2D eigenvalue weighted by Gasteiger charge is -2.26. The number of hydrogen-bond acceptors (Lipinski definition) is 5. The number of allylic oxidation sites excluding steroid dienone is 1. The summed E-state index contributed by atoms with van der Waals surface area (Å²) in [5, 5.41) is 1.22. The number of ether oxygens (including phenoxy) is 2. The first-order valence-electron chi connectivity index (χ1n) is 15.1. The summed E-state index contributed by atoms with van der Waals surface area (Å²) in [6.45, 7) is 2.20. The maximum Gasteiger partial charge on any atom is 0.271 e. The van der Waals surface area contributed by atoms with Crippen LogP contribution in [0.5, 0.6) is 11.5 Å². The van der Waals surface area contributed by atoms with Gasteiger partial charge in [0.15, 0.2) is 0 Å². The van der Waals surface area contributed by atoms with Crippen molar-refractivity contribution in [2.45, 2.75) is 25.1 Å². The summed E-state index contributed by atoms with van der Waals surface area (Å²) in [7, 11) is -0.874. The summed E-state index contributed by atoms with van der Waals surface area (Å²) >= 11 is 0. The normalized spacial score (nSPS) is 12.5. The SMILES string of the molecule is C/C=C/C(CCn1c2ccccc2c2cc(-c3ccc(N(c4ccc(OC)cc4)c4ccc(OC)cc4)cc3)ccc21)S(=O)(=O)O. The van der Waals surface area contributed by atoms with Crippen molar-refractivity contribution in [2.75, 3.05) is 19.1 Å². The number of aromatic nitrogens is 1. The summed E-state index contributed by atoms with van der Waals surface area (Å²) in [6, 6.07) is 39.0. The quantitative estimate of drug-likeness (QED) is 0.113. The summed E-state index contributed by atoms with van der Waals surface area (Å²) in [6.07, 6.45) is 3.46. The van der Waals surface area contributed by atoms with E-state index in [1.807, 2.05) is 60.7 Å². The number of rotatable bonds is 11. The molecular weight excluding hydrogens is 596 g/mol. The van der Waals surface area contributed by atoms with Gasteiger partial charge in [-0.05, 0) is 103 Å². The fourth-order valence-electron chi connectivity index (χ4n) is 6.00. The fraction of sp³-hybridized carbons (Fsp3) is 0.158. The molecule has 234 valence electrons. The van der Waals surface area contributed by atoms with Gasteiger partial charge < -0.3 is 18.9 Å².